The van der Waals surface area contributed by atoms with Gasteiger partial charge in [0, 0.05) is 25.7 Å². The molecule has 1 unspecified atom stereocenters. The maximum Gasteiger partial charge on any atom is 0.317 e. The van der Waals surface area contributed by atoms with Crippen LogP contribution in [0, 0.1) is 5.82 Å². The molecule has 1 aromatic rings. The lowest BCUT2D eigenvalue weighted by Crippen LogP contribution is -2.52. The Morgan fingerprint density at radius 1 is 1.30 bits per heavy atom. The highest BCUT2D eigenvalue weighted by Crippen LogP contribution is 2.18. The van der Waals surface area contributed by atoms with Gasteiger partial charge in [-0.15, -0.1) is 12.4 Å². The molecule has 1 fully saturated rings. The standard InChI is InChI=1S/C19H28FN3O3.ClH/c1-3-22(13-18(24)25)17-8-10-23(11-9-17)14(2)19(26)21-12-15-4-6-16(20)7-5-15;/h4-7,14,17H,3,8-13H2,1-2H3,(H,21,26)(H,24,25);1H. The van der Waals surface area contributed by atoms with Crippen molar-refractivity contribution in [1.29, 1.82) is 0 Å². The van der Waals surface area contributed by atoms with E-state index in [1.165, 1.54) is 12.1 Å². The molecule has 6 nitrogen and oxygen atoms in total. The van der Waals surface area contributed by atoms with E-state index in [9.17, 15) is 14.0 Å². The second kappa shape index (κ2) is 11.2. The van der Waals surface area contributed by atoms with Crippen molar-refractivity contribution in [2.24, 2.45) is 0 Å². The summed E-state index contributed by atoms with van der Waals surface area (Å²) >= 11 is 0. The highest BCUT2D eigenvalue weighted by atomic mass is 35.5. The summed E-state index contributed by atoms with van der Waals surface area (Å²) in [6.45, 7) is 6.55. The van der Waals surface area contributed by atoms with Gasteiger partial charge in [-0.3, -0.25) is 19.4 Å². The zero-order valence-corrected chi connectivity index (χ0v) is 16.7. The molecule has 0 bridgehead atoms. The molecule has 1 aliphatic heterocycles. The van der Waals surface area contributed by atoms with Gasteiger partial charge in [0.2, 0.25) is 5.91 Å². The van der Waals surface area contributed by atoms with Crippen LogP contribution in [0.2, 0.25) is 0 Å². The van der Waals surface area contributed by atoms with Crippen LogP contribution in [0.25, 0.3) is 0 Å². The molecule has 0 spiro atoms. The summed E-state index contributed by atoms with van der Waals surface area (Å²) in [6.07, 6.45) is 1.72. The van der Waals surface area contributed by atoms with Gasteiger partial charge in [-0.25, -0.2) is 4.39 Å². The SMILES string of the molecule is CCN(CC(=O)O)C1CCN(C(C)C(=O)NCc2ccc(F)cc2)CC1.Cl. The number of likely N-dealkylation sites (N-methyl/N-ethyl adjacent to an activating group) is 1. The Bertz CT molecular complexity index is 607. The first-order valence-corrected chi connectivity index (χ1v) is 9.12. The number of carboxylic acids is 1. The lowest BCUT2D eigenvalue weighted by molar-refractivity contribution is -0.139. The van der Waals surface area contributed by atoms with Crippen LogP contribution in [-0.2, 0) is 16.1 Å². The van der Waals surface area contributed by atoms with E-state index in [1.807, 2.05) is 18.7 Å². The van der Waals surface area contributed by atoms with E-state index in [1.54, 1.807) is 12.1 Å². The zero-order valence-electron chi connectivity index (χ0n) is 15.9. The minimum absolute atomic E-state index is 0. The van der Waals surface area contributed by atoms with Gasteiger partial charge in [0.1, 0.15) is 5.82 Å². The predicted octanol–water partition coefficient (Wildman–Crippen LogP) is 2.12. The number of carbonyl (C=O) groups excluding carboxylic acids is 1. The third kappa shape index (κ3) is 7.08. The highest BCUT2D eigenvalue weighted by molar-refractivity contribution is 5.85. The molecule has 1 aliphatic rings. The van der Waals surface area contributed by atoms with Gasteiger partial charge in [0.05, 0.1) is 12.6 Å². The van der Waals surface area contributed by atoms with Crippen LogP contribution >= 0.6 is 12.4 Å². The molecule has 0 aromatic heterocycles. The number of piperidine rings is 1. The number of amides is 1. The van der Waals surface area contributed by atoms with E-state index in [4.69, 9.17) is 5.11 Å². The van der Waals surface area contributed by atoms with Gasteiger partial charge in [-0.2, -0.15) is 0 Å². The van der Waals surface area contributed by atoms with Crippen molar-refractivity contribution in [3.63, 3.8) is 0 Å². The van der Waals surface area contributed by atoms with Crippen molar-refractivity contribution in [2.75, 3.05) is 26.2 Å². The first-order chi connectivity index (χ1) is 12.4. The summed E-state index contributed by atoms with van der Waals surface area (Å²) in [5.74, 6) is -1.14. The molecule has 0 saturated carbocycles. The molecule has 2 N–H and O–H groups in total. The number of carboxylic acid groups (broad SMARTS) is 1. The Labute approximate surface area is 166 Å². The molecule has 2 rings (SSSR count). The minimum Gasteiger partial charge on any atom is -0.480 e. The van der Waals surface area contributed by atoms with Gasteiger partial charge < -0.3 is 10.4 Å². The monoisotopic (exact) mass is 401 g/mol. The van der Waals surface area contributed by atoms with Crippen LogP contribution in [0.5, 0.6) is 0 Å². The molecule has 1 atom stereocenters. The topological polar surface area (TPSA) is 72.9 Å². The Morgan fingerprint density at radius 2 is 1.89 bits per heavy atom. The molecular formula is C19H29ClFN3O3. The quantitative estimate of drug-likeness (QED) is 0.698. The van der Waals surface area contributed by atoms with Gasteiger partial charge in [-0.05, 0) is 44.0 Å². The summed E-state index contributed by atoms with van der Waals surface area (Å²) < 4.78 is 12.9. The zero-order chi connectivity index (χ0) is 19.1. The molecule has 0 aliphatic carbocycles. The first-order valence-electron chi connectivity index (χ1n) is 9.12. The van der Waals surface area contributed by atoms with Crippen molar-refractivity contribution in [1.82, 2.24) is 15.1 Å². The van der Waals surface area contributed by atoms with E-state index >= 15 is 0 Å². The molecule has 8 heteroatoms. The molecule has 27 heavy (non-hydrogen) atoms. The smallest absolute Gasteiger partial charge is 0.317 e. The van der Waals surface area contributed by atoms with E-state index in [0.29, 0.717) is 13.1 Å². The summed E-state index contributed by atoms with van der Waals surface area (Å²) in [7, 11) is 0. The van der Waals surface area contributed by atoms with Crippen LogP contribution in [0.4, 0.5) is 4.39 Å². The van der Waals surface area contributed by atoms with Crippen LogP contribution in [0.1, 0.15) is 32.3 Å². The largest absolute Gasteiger partial charge is 0.480 e. The number of likely N-dealkylation sites (tertiary alicyclic amines) is 1. The first kappa shape index (κ1) is 23.3. The molecular weight excluding hydrogens is 373 g/mol. The minimum atomic E-state index is -0.803. The molecule has 1 saturated heterocycles. The Balaban J connectivity index is 0.00000364. The number of rotatable bonds is 8. The van der Waals surface area contributed by atoms with Crippen molar-refractivity contribution >= 4 is 24.3 Å². The summed E-state index contributed by atoms with van der Waals surface area (Å²) in [5.41, 5.74) is 0.859. The number of halogens is 2. The van der Waals surface area contributed by atoms with Gasteiger partial charge in [-0.1, -0.05) is 19.1 Å². The third-order valence-corrected chi connectivity index (χ3v) is 5.07. The Kier molecular flexibility index (Phi) is 9.69. The summed E-state index contributed by atoms with van der Waals surface area (Å²) in [5, 5.41) is 11.9. The van der Waals surface area contributed by atoms with Crippen LogP contribution in [0.3, 0.4) is 0 Å². The predicted molar refractivity (Wildman–Crippen MR) is 104 cm³/mol. The van der Waals surface area contributed by atoms with Crippen molar-refractivity contribution in [3.8, 4) is 0 Å². The van der Waals surface area contributed by atoms with Gasteiger partial charge >= 0.3 is 5.97 Å². The highest BCUT2D eigenvalue weighted by Gasteiger charge is 2.29. The number of aliphatic carboxylic acids is 1. The summed E-state index contributed by atoms with van der Waals surface area (Å²) in [4.78, 5) is 27.5. The molecule has 1 amide bonds. The van der Waals surface area contributed by atoms with Crippen molar-refractivity contribution in [3.05, 3.63) is 35.6 Å². The summed E-state index contributed by atoms with van der Waals surface area (Å²) in [6, 6.07) is 6.09. The second-order valence-corrected chi connectivity index (χ2v) is 6.74. The van der Waals surface area contributed by atoms with E-state index < -0.39 is 5.97 Å². The number of benzene rings is 1. The van der Waals surface area contributed by atoms with Crippen LogP contribution in [-0.4, -0.2) is 65.0 Å². The number of hydrogen-bond donors (Lipinski definition) is 2. The lowest BCUT2D eigenvalue weighted by atomic mass is 10.0. The van der Waals surface area contributed by atoms with Crippen LogP contribution in [0.15, 0.2) is 24.3 Å². The lowest BCUT2D eigenvalue weighted by Gasteiger charge is -2.39. The maximum atomic E-state index is 12.9. The second-order valence-electron chi connectivity index (χ2n) is 6.74. The fraction of sp³-hybridized carbons (Fsp3) is 0.579. The number of nitrogens with zero attached hydrogens (tertiary/aromatic N) is 2. The van der Waals surface area contributed by atoms with Gasteiger partial charge in [0.15, 0.2) is 0 Å². The number of nitrogens with one attached hydrogen (secondary N) is 1. The van der Waals surface area contributed by atoms with Crippen molar-refractivity contribution < 1.29 is 19.1 Å². The Hall–Kier alpha value is -1.70. The maximum absolute atomic E-state index is 12.9. The normalized spacial score (nSPS) is 16.6. The molecule has 0 radical (unpaired) electrons. The van der Waals surface area contributed by atoms with Gasteiger partial charge in [0.25, 0.3) is 0 Å². The molecule has 152 valence electrons. The van der Waals surface area contributed by atoms with Crippen molar-refractivity contribution in [2.45, 2.75) is 45.3 Å². The fourth-order valence-corrected chi connectivity index (χ4v) is 3.42. The Morgan fingerprint density at radius 3 is 2.41 bits per heavy atom. The average Bonchev–Trinajstić information content (AvgIpc) is 2.64. The molecule has 1 heterocycles. The average molecular weight is 402 g/mol. The van der Waals surface area contributed by atoms with E-state index in [0.717, 1.165) is 31.5 Å². The number of hydrogen-bond acceptors (Lipinski definition) is 4. The van der Waals surface area contributed by atoms with Crippen LogP contribution < -0.4 is 5.32 Å². The van der Waals surface area contributed by atoms with E-state index in [-0.39, 0.29) is 42.8 Å². The number of carbonyl (C=O) groups is 2. The molecule has 1 aromatic carbocycles. The third-order valence-electron chi connectivity index (χ3n) is 5.07. The fourth-order valence-electron chi connectivity index (χ4n) is 3.42. The van der Waals surface area contributed by atoms with E-state index in [2.05, 4.69) is 10.2 Å².